The molecule has 6 nitrogen and oxygen atoms in total. The average molecular weight is 354 g/mol. The quantitative estimate of drug-likeness (QED) is 0.892. The fraction of sp³-hybridized carbons (Fsp3) is 0.350. The number of carboxylic acids is 1. The van der Waals surface area contributed by atoms with Crippen LogP contribution in [0.2, 0.25) is 0 Å². The van der Waals surface area contributed by atoms with Crippen molar-refractivity contribution in [2.24, 2.45) is 0 Å². The lowest BCUT2D eigenvalue weighted by atomic mass is 9.99. The van der Waals surface area contributed by atoms with Gasteiger partial charge < -0.3 is 14.7 Å². The first kappa shape index (κ1) is 17.9. The Bertz CT molecular complexity index is 848. The number of amides is 1. The van der Waals surface area contributed by atoms with Crippen LogP contribution in [0.25, 0.3) is 0 Å². The van der Waals surface area contributed by atoms with Gasteiger partial charge in [0.1, 0.15) is 11.4 Å². The van der Waals surface area contributed by atoms with Gasteiger partial charge in [0.2, 0.25) is 0 Å². The zero-order valence-electron chi connectivity index (χ0n) is 15.0. The van der Waals surface area contributed by atoms with Crippen molar-refractivity contribution in [1.29, 1.82) is 0 Å². The summed E-state index contributed by atoms with van der Waals surface area (Å²) in [6.07, 6.45) is 1.73. The van der Waals surface area contributed by atoms with Gasteiger partial charge in [0, 0.05) is 13.1 Å². The molecule has 0 bridgehead atoms. The minimum absolute atomic E-state index is 0.116. The minimum atomic E-state index is -1.04. The summed E-state index contributed by atoms with van der Waals surface area (Å²) in [6.45, 7) is 5.49. The zero-order valence-corrected chi connectivity index (χ0v) is 15.0. The van der Waals surface area contributed by atoms with Gasteiger partial charge in [0.15, 0.2) is 0 Å². The molecule has 1 N–H and O–H groups in total. The van der Waals surface area contributed by atoms with E-state index < -0.39 is 5.97 Å². The molecule has 0 aliphatic carbocycles. The lowest BCUT2D eigenvalue weighted by Gasteiger charge is -2.29. The summed E-state index contributed by atoms with van der Waals surface area (Å²) >= 11 is 0. The number of carboxylic acid groups (broad SMARTS) is 1. The van der Waals surface area contributed by atoms with Gasteiger partial charge in [-0.1, -0.05) is 13.0 Å². The number of nitrogens with zero attached hydrogens (tertiary/aromatic N) is 2. The Balaban J connectivity index is 1.75. The van der Waals surface area contributed by atoms with E-state index in [0.717, 1.165) is 24.2 Å². The Morgan fingerprint density at radius 1 is 1.23 bits per heavy atom. The molecule has 26 heavy (non-hydrogen) atoms. The summed E-state index contributed by atoms with van der Waals surface area (Å²) in [5.74, 6) is -0.351. The third-order valence-corrected chi connectivity index (χ3v) is 4.49. The fourth-order valence-electron chi connectivity index (χ4n) is 3.08. The molecule has 0 saturated carbocycles. The molecule has 1 aromatic heterocycles. The molecule has 0 spiro atoms. The first-order valence-electron chi connectivity index (χ1n) is 8.74. The van der Waals surface area contributed by atoms with Crippen molar-refractivity contribution in [2.75, 3.05) is 13.2 Å². The number of benzene rings is 1. The standard InChI is InChI=1S/C20H22N2O4/c1-3-10-26-16-5-4-15-12-22(9-8-14(15)11-16)19(23)18-7-6-17(20(24)25)13(2)21-18/h4-7,11H,3,8-10,12H2,1-2H3,(H,24,25). The summed E-state index contributed by atoms with van der Waals surface area (Å²) in [7, 11) is 0. The van der Waals surface area contributed by atoms with Crippen LogP contribution in [0.5, 0.6) is 5.75 Å². The summed E-state index contributed by atoms with van der Waals surface area (Å²) in [5, 5.41) is 9.08. The van der Waals surface area contributed by atoms with Crippen LogP contribution in [-0.4, -0.2) is 40.0 Å². The van der Waals surface area contributed by atoms with E-state index in [1.165, 1.54) is 17.7 Å². The van der Waals surface area contributed by atoms with E-state index in [1.807, 2.05) is 12.1 Å². The maximum absolute atomic E-state index is 12.7. The van der Waals surface area contributed by atoms with Gasteiger partial charge in [-0.05, 0) is 55.2 Å². The maximum atomic E-state index is 12.7. The van der Waals surface area contributed by atoms with Gasteiger partial charge in [-0.2, -0.15) is 0 Å². The van der Waals surface area contributed by atoms with Gasteiger partial charge >= 0.3 is 5.97 Å². The maximum Gasteiger partial charge on any atom is 0.337 e. The minimum Gasteiger partial charge on any atom is -0.494 e. The Hall–Kier alpha value is -2.89. The molecule has 0 radical (unpaired) electrons. The molecular weight excluding hydrogens is 332 g/mol. The number of fused-ring (bicyclic) bond motifs is 1. The molecule has 6 heteroatoms. The van der Waals surface area contributed by atoms with E-state index in [4.69, 9.17) is 9.84 Å². The Morgan fingerprint density at radius 2 is 2.04 bits per heavy atom. The number of hydrogen-bond acceptors (Lipinski definition) is 4. The topological polar surface area (TPSA) is 79.7 Å². The summed E-state index contributed by atoms with van der Waals surface area (Å²) in [6, 6.07) is 8.92. The van der Waals surface area contributed by atoms with Crippen LogP contribution in [0.15, 0.2) is 30.3 Å². The van der Waals surface area contributed by atoms with Crippen molar-refractivity contribution >= 4 is 11.9 Å². The molecule has 3 rings (SSSR count). The van der Waals surface area contributed by atoms with Crippen molar-refractivity contribution in [1.82, 2.24) is 9.88 Å². The predicted octanol–water partition coefficient (Wildman–Crippen LogP) is 3.08. The van der Waals surface area contributed by atoms with Crippen molar-refractivity contribution in [3.8, 4) is 5.75 Å². The highest BCUT2D eigenvalue weighted by molar-refractivity contribution is 5.94. The van der Waals surface area contributed by atoms with Crippen LogP contribution in [0.3, 0.4) is 0 Å². The Kier molecular flexibility index (Phi) is 5.21. The lowest BCUT2D eigenvalue weighted by molar-refractivity contribution is 0.0689. The van der Waals surface area contributed by atoms with Crippen LogP contribution < -0.4 is 4.74 Å². The number of ether oxygens (including phenoxy) is 1. The van der Waals surface area contributed by atoms with E-state index >= 15 is 0 Å². The molecule has 0 fully saturated rings. The second kappa shape index (κ2) is 7.56. The smallest absolute Gasteiger partial charge is 0.337 e. The first-order chi connectivity index (χ1) is 12.5. The van der Waals surface area contributed by atoms with Gasteiger partial charge in [-0.25, -0.2) is 9.78 Å². The zero-order chi connectivity index (χ0) is 18.7. The monoisotopic (exact) mass is 354 g/mol. The van der Waals surface area contributed by atoms with Crippen molar-refractivity contribution in [3.63, 3.8) is 0 Å². The molecular formula is C20H22N2O4. The SMILES string of the molecule is CCCOc1ccc2c(c1)CCN(C(=O)c1ccc(C(=O)O)c(C)n1)C2. The highest BCUT2D eigenvalue weighted by Crippen LogP contribution is 2.25. The first-order valence-corrected chi connectivity index (χ1v) is 8.74. The molecule has 0 atom stereocenters. The predicted molar refractivity (Wildman–Crippen MR) is 96.6 cm³/mol. The van der Waals surface area contributed by atoms with E-state index in [-0.39, 0.29) is 17.2 Å². The van der Waals surface area contributed by atoms with Crippen LogP contribution in [0.1, 0.15) is 51.0 Å². The van der Waals surface area contributed by atoms with E-state index in [9.17, 15) is 9.59 Å². The molecule has 0 saturated heterocycles. The largest absolute Gasteiger partial charge is 0.494 e. The molecule has 1 amide bonds. The van der Waals surface area contributed by atoms with E-state index in [1.54, 1.807) is 11.8 Å². The van der Waals surface area contributed by atoms with Crippen molar-refractivity contribution in [2.45, 2.75) is 33.2 Å². The number of aromatic carboxylic acids is 1. The fourth-order valence-corrected chi connectivity index (χ4v) is 3.08. The molecule has 2 heterocycles. The summed E-state index contributed by atoms with van der Waals surface area (Å²) in [4.78, 5) is 29.8. The van der Waals surface area contributed by atoms with Crippen LogP contribution >= 0.6 is 0 Å². The van der Waals surface area contributed by atoms with E-state index in [0.29, 0.717) is 25.4 Å². The Labute approximate surface area is 152 Å². The molecule has 136 valence electrons. The van der Waals surface area contributed by atoms with Gasteiger partial charge in [-0.3, -0.25) is 4.79 Å². The normalized spacial score (nSPS) is 13.2. The van der Waals surface area contributed by atoms with Crippen molar-refractivity contribution < 1.29 is 19.4 Å². The average Bonchev–Trinajstić information content (AvgIpc) is 2.64. The van der Waals surface area contributed by atoms with Crippen LogP contribution in [-0.2, 0) is 13.0 Å². The third-order valence-electron chi connectivity index (χ3n) is 4.49. The number of carbonyl (C=O) groups excluding carboxylic acids is 1. The number of aromatic nitrogens is 1. The second-order valence-electron chi connectivity index (χ2n) is 6.39. The highest BCUT2D eigenvalue weighted by Gasteiger charge is 2.24. The Morgan fingerprint density at radius 3 is 2.73 bits per heavy atom. The summed E-state index contributed by atoms with van der Waals surface area (Å²) < 4.78 is 5.67. The highest BCUT2D eigenvalue weighted by atomic mass is 16.5. The van der Waals surface area contributed by atoms with Crippen molar-refractivity contribution in [3.05, 3.63) is 58.4 Å². The van der Waals surface area contributed by atoms with Crippen LogP contribution in [0.4, 0.5) is 0 Å². The number of hydrogen-bond donors (Lipinski definition) is 1. The van der Waals surface area contributed by atoms with E-state index in [2.05, 4.69) is 18.0 Å². The molecule has 1 aliphatic heterocycles. The van der Waals surface area contributed by atoms with Gasteiger partial charge in [0.05, 0.1) is 17.9 Å². The second-order valence-corrected chi connectivity index (χ2v) is 6.39. The number of rotatable bonds is 5. The number of carbonyl (C=O) groups is 2. The number of aryl methyl sites for hydroxylation is 1. The van der Waals surface area contributed by atoms with Gasteiger partial charge in [0.25, 0.3) is 5.91 Å². The molecule has 2 aromatic rings. The summed E-state index contributed by atoms with van der Waals surface area (Å²) in [5.41, 5.74) is 3.04. The van der Waals surface area contributed by atoms with Crippen LogP contribution in [0, 0.1) is 6.92 Å². The number of pyridine rings is 1. The van der Waals surface area contributed by atoms with Gasteiger partial charge in [-0.15, -0.1) is 0 Å². The lowest BCUT2D eigenvalue weighted by Crippen LogP contribution is -2.36. The molecule has 0 unspecified atom stereocenters. The molecule has 1 aromatic carbocycles. The molecule has 1 aliphatic rings. The third kappa shape index (κ3) is 3.69.